The molecule has 0 spiro atoms. The maximum absolute atomic E-state index is 11.3. The molecule has 1 aliphatic heterocycles. The van der Waals surface area contributed by atoms with Crippen LogP contribution in [0.25, 0.3) is 0 Å². The van der Waals surface area contributed by atoms with Crippen molar-refractivity contribution in [2.24, 2.45) is 0 Å². The first-order chi connectivity index (χ1) is 6.81. The minimum atomic E-state index is 0.355. The molecule has 2 nitrogen and oxygen atoms in total. The van der Waals surface area contributed by atoms with Crippen molar-refractivity contribution in [3.63, 3.8) is 0 Å². The van der Waals surface area contributed by atoms with Crippen LogP contribution in [-0.4, -0.2) is 12.3 Å². The van der Waals surface area contributed by atoms with Gasteiger partial charge >= 0.3 is 0 Å². The van der Waals surface area contributed by atoms with E-state index in [9.17, 15) is 4.79 Å². The number of carbonyl (C=O) groups excluding carboxylic acids is 1. The molecule has 0 saturated carbocycles. The summed E-state index contributed by atoms with van der Waals surface area (Å²) < 4.78 is 0. The summed E-state index contributed by atoms with van der Waals surface area (Å²) in [6, 6.07) is 8.25. The number of para-hydroxylation sites is 1. The van der Waals surface area contributed by atoms with Crippen LogP contribution in [0.1, 0.15) is 31.2 Å². The Morgan fingerprint density at radius 2 is 2.29 bits per heavy atom. The van der Waals surface area contributed by atoms with Crippen molar-refractivity contribution in [2.75, 3.05) is 11.9 Å². The number of anilines is 1. The van der Waals surface area contributed by atoms with E-state index in [0.29, 0.717) is 24.5 Å². The van der Waals surface area contributed by atoms with Gasteiger partial charge in [-0.15, -0.1) is 0 Å². The summed E-state index contributed by atoms with van der Waals surface area (Å²) in [6.07, 6.45) is 1.33. The Kier molecular flexibility index (Phi) is 2.53. The molecule has 1 atom stereocenters. The molecule has 14 heavy (non-hydrogen) atoms. The van der Waals surface area contributed by atoms with Crippen molar-refractivity contribution in [1.82, 2.24) is 0 Å². The Labute approximate surface area is 84.3 Å². The lowest BCUT2D eigenvalue weighted by Gasteiger charge is -2.07. The third-order valence-corrected chi connectivity index (χ3v) is 2.81. The van der Waals surface area contributed by atoms with E-state index < -0.39 is 0 Å². The van der Waals surface area contributed by atoms with Crippen LogP contribution >= 0.6 is 0 Å². The molecule has 1 aliphatic rings. The summed E-state index contributed by atoms with van der Waals surface area (Å²) in [5, 5.41) is 3.33. The minimum absolute atomic E-state index is 0.355. The molecule has 74 valence electrons. The Morgan fingerprint density at radius 1 is 1.50 bits per heavy atom. The summed E-state index contributed by atoms with van der Waals surface area (Å²) in [5.41, 5.74) is 2.50. The first-order valence-corrected chi connectivity index (χ1v) is 5.15. The first-order valence-electron chi connectivity index (χ1n) is 5.15. The van der Waals surface area contributed by atoms with Crippen molar-refractivity contribution in [3.05, 3.63) is 29.8 Å². The minimum Gasteiger partial charge on any atom is -0.384 e. The number of ketones is 1. The zero-order valence-electron chi connectivity index (χ0n) is 8.42. The third kappa shape index (κ3) is 1.65. The fourth-order valence-corrected chi connectivity index (χ4v) is 1.96. The molecule has 2 heteroatoms. The average Bonchev–Trinajstić information content (AvgIpc) is 2.62. The number of fused-ring (bicyclic) bond motifs is 1. The predicted molar refractivity (Wildman–Crippen MR) is 57.6 cm³/mol. The zero-order valence-corrected chi connectivity index (χ0v) is 8.42. The topological polar surface area (TPSA) is 29.1 Å². The van der Waals surface area contributed by atoms with Crippen LogP contribution in [0.5, 0.6) is 0 Å². The van der Waals surface area contributed by atoms with Crippen LogP contribution in [0.2, 0.25) is 0 Å². The van der Waals surface area contributed by atoms with Crippen LogP contribution in [0, 0.1) is 0 Å². The number of rotatable bonds is 3. The second kappa shape index (κ2) is 3.82. The quantitative estimate of drug-likeness (QED) is 0.791. The fraction of sp³-hybridized carbons (Fsp3) is 0.417. The molecule has 0 amide bonds. The molecular formula is C12H15NO. The standard InChI is InChI=1S/C12H15NO/c1-2-10(14)7-9-8-13-12-6-4-3-5-11(9)12/h3-6,9,13H,2,7-8H2,1H3. The maximum Gasteiger partial charge on any atom is 0.133 e. The fourth-order valence-electron chi connectivity index (χ4n) is 1.96. The van der Waals surface area contributed by atoms with E-state index in [-0.39, 0.29) is 0 Å². The highest BCUT2D eigenvalue weighted by Crippen LogP contribution is 2.33. The normalized spacial score (nSPS) is 18.8. The second-order valence-corrected chi connectivity index (χ2v) is 3.76. The summed E-state index contributed by atoms with van der Waals surface area (Å²) >= 11 is 0. The zero-order chi connectivity index (χ0) is 9.97. The second-order valence-electron chi connectivity index (χ2n) is 3.76. The lowest BCUT2D eigenvalue weighted by molar-refractivity contribution is -0.119. The van der Waals surface area contributed by atoms with Crippen molar-refractivity contribution >= 4 is 11.5 Å². The van der Waals surface area contributed by atoms with Gasteiger partial charge in [-0.25, -0.2) is 0 Å². The van der Waals surface area contributed by atoms with Crippen LogP contribution < -0.4 is 5.32 Å². The van der Waals surface area contributed by atoms with Gasteiger partial charge in [0.25, 0.3) is 0 Å². The Hall–Kier alpha value is -1.31. The maximum atomic E-state index is 11.3. The van der Waals surface area contributed by atoms with Gasteiger partial charge in [-0.05, 0) is 11.6 Å². The van der Waals surface area contributed by atoms with Gasteiger partial charge in [0.1, 0.15) is 5.78 Å². The van der Waals surface area contributed by atoms with Gasteiger partial charge in [0, 0.05) is 31.0 Å². The number of carbonyl (C=O) groups is 1. The van der Waals surface area contributed by atoms with Gasteiger partial charge < -0.3 is 5.32 Å². The van der Waals surface area contributed by atoms with E-state index in [1.165, 1.54) is 11.3 Å². The summed E-state index contributed by atoms with van der Waals surface area (Å²) in [4.78, 5) is 11.3. The van der Waals surface area contributed by atoms with E-state index >= 15 is 0 Å². The van der Waals surface area contributed by atoms with Crippen LogP contribution in [0.15, 0.2) is 24.3 Å². The smallest absolute Gasteiger partial charge is 0.133 e. The Morgan fingerprint density at radius 3 is 3.07 bits per heavy atom. The van der Waals surface area contributed by atoms with Crippen molar-refractivity contribution in [2.45, 2.75) is 25.7 Å². The molecule has 1 heterocycles. The van der Waals surface area contributed by atoms with Gasteiger partial charge in [-0.1, -0.05) is 25.1 Å². The van der Waals surface area contributed by atoms with E-state index in [4.69, 9.17) is 0 Å². The molecule has 0 bridgehead atoms. The number of hydrogen-bond acceptors (Lipinski definition) is 2. The molecule has 0 aromatic heterocycles. The predicted octanol–water partition coefficient (Wildman–Crippen LogP) is 2.56. The molecule has 1 N–H and O–H groups in total. The van der Waals surface area contributed by atoms with Crippen molar-refractivity contribution in [3.8, 4) is 0 Å². The van der Waals surface area contributed by atoms with E-state index in [1.54, 1.807) is 0 Å². The lowest BCUT2D eigenvalue weighted by atomic mass is 9.95. The highest BCUT2D eigenvalue weighted by Gasteiger charge is 2.22. The number of nitrogens with one attached hydrogen (secondary N) is 1. The van der Waals surface area contributed by atoms with Gasteiger partial charge in [0.15, 0.2) is 0 Å². The van der Waals surface area contributed by atoms with E-state index in [1.807, 2.05) is 19.1 Å². The largest absolute Gasteiger partial charge is 0.384 e. The molecule has 1 unspecified atom stereocenters. The van der Waals surface area contributed by atoms with Gasteiger partial charge in [0.05, 0.1) is 0 Å². The summed E-state index contributed by atoms with van der Waals surface area (Å²) in [7, 11) is 0. The van der Waals surface area contributed by atoms with Crippen LogP contribution in [0.3, 0.4) is 0 Å². The number of benzene rings is 1. The van der Waals surface area contributed by atoms with Crippen LogP contribution in [-0.2, 0) is 4.79 Å². The number of Topliss-reactive ketones (excluding diaryl/α,β-unsaturated/α-hetero) is 1. The third-order valence-electron chi connectivity index (χ3n) is 2.81. The summed E-state index contributed by atoms with van der Waals surface area (Å²) in [6.45, 7) is 2.84. The molecule has 0 radical (unpaired) electrons. The van der Waals surface area contributed by atoms with Gasteiger partial charge in [-0.3, -0.25) is 4.79 Å². The molecule has 2 rings (SSSR count). The molecule has 1 aromatic carbocycles. The van der Waals surface area contributed by atoms with E-state index in [0.717, 1.165) is 6.54 Å². The average molecular weight is 189 g/mol. The molecular weight excluding hydrogens is 174 g/mol. The van der Waals surface area contributed by atoms with E-state index in [2.05, 4.69) is 17.4 Å². The summed E-state index contributed by atoms with van der Waals surface area (Å²) in [5.74, 6) is 0.743. The van der Waals surface area contributed by atoms with Crippen molar-refractivity contribution < 1.29 is 4.79 Å². The van der Waals surface area contributed by atoms with Crippen LogP contribution in [0.4, 0.5) is 5.69 Å². The highest BCUT2D eigenvalue weighted by molar-refractivity contribution is 5.80. The SMILES string of the molecule is CCC(=O)CC1CNc2ccccc21. The molecule has 0 fully saturated rings. The first kappa shape index (κ1) is 9.25. The number of hydrogen-bond donors (Lipinski definition) is 1. The van der Waals surface area contributed by atoms with Gasteiger partial charge in [-0.2, -0.15) is 0 Å². The monoisotopic (exact) mass is 189 g/mol. The Balaban J connectivity index is 2.14. The van der Waals surface area contributed by atoms with Gasteiger partial charge in [0.2, 0.25) is 0 Å². The molecule has 1 aromatic rings. The molecule has 0 aliphatic carbocycles. The Bertz CT molecular complexity index is 346. The molecule has 0 saturated heterocycles. The highest BCUT2D eigenvalue weighted by atomic mass is 16.1. The lowest BCUT2D eigenvalue weighted by Crippen LogP contribution is -2.08. The van der Waals surface area contributed by atoms with Crippen molar-refractivity contribution in [1.29, 1.82) is 0 Å².